The predicted octanol–water partition coefficient (Wildman–Crippen LogP) is 1.57. The molecule has 0 spiro atoms. The van der Waals surface area contributed by atoms with Crippen molar-refractivity contribution in [1.29, 1.82) is 0 Å². The molecular weight excluding hydrogens is 226 g/mol. The Balaban J connectivity index is 2.20. The second-order valence-corrected chi connectivity index (χ2v) is 4.99. The molecule has 1 heterocycles. The number of hydrogen-bond donors (Lipinski definition) is 1. The highest BCUT2D eigenvalue weighted by molar-refractivity contribution is 5.83. The number of likely N-dealkylation sites (N-methyl/N-ethyl adjacent to an activating group) is 2. The molecule has 1 N–H and O–H groups in total. The summed E-state index contributed by atoms with van der Waals surface area (Å²) in [6.45, 7) is 1.42. The van der Waals surface area contributed by atoms with E-state index < -0.39 is 0 Å². The normalized spacial score (nSPS) is 13.5. The molecule has 0 radical (unpaired) electrons. The van der Waals surface area contributed by atoms with E-state index in [1.165, 1.54) is 17.7 Å². The van der Waals surface area contributed by atoms with Crippen molar-refractivity contribution in [2.45, 2.75) is 12.8 Å². The molecule has 0 bridgehead atoms. The molecule has 4 heteroatoms. The molecule has 1 aromatic carbocycles. The number of nitrogens with one attached hydrogen (secondary N) is 1. The van der Waals surface area contributed by atoms with Crippen LogP contribution in [0, 0.1) is 0 Å². The van der Waals surface area contributed by atoms with Gasteiger partial charge in [-0.15, -0.1) is 0 Å². The lowest BCUT2D eigenvalue weighted by Crippen LogP contribution is -2.35. The van der Waals surface area contributed by atoms with Crippen molar-refractivity contribution >= 4 is 17.3 Å². The van der Waals surface area contributed by atoms with Gasteiger partial charge in [0.05, 0.1) is 17.9 Å². The summed E-state index contributed by atoms with van der Waals surface area (Å²) in [5.41, 5.74) is 3.66. The highest BCUT2D eigenvalue weighted by atomic mass is 16.2. The monoisotopic (exact) mass is 247 g/mol. The van der Waals surface area contributed by atoms with Crippen LogP contribution in [0.15, 0.2) is 18.2 Å². The molecule has 0 unspecified atom stereocenters. The van der Waals surface area contributed by atoms with Gasteiger partial charge in [-0.1, -0.05) is 12.1 Å². The number of amides is 1. The Bertz CT molecular complexity index is 443. The van der Waals surface area contributed by atoms with Gasteiger partial charge in [0, 0.05) is 27.7 Å². The maximum atomic E-state index is 11.8. The first-order chi connectivity index (χ1) is 8.59. The number of benzene rings is 1. The fourth-order valence-electron chi connectivity index (χ4n) is 2.24. The lowest BCUT2D eigenvalue weighted by Gasteiger charge is -2.27. The van der Waals surface area contributed by atoms with Crippen molar-refractivity contribution in [3.63, 3.8) is 0 Å². The molecule has 0 aliphatic carbocycles. The number of para-hydroxylation sites is 1. The average Bonchev–Trinajstić information content (AvgIpc) is 2.37. The van der Waals surface area contributed by atoms with Crippen LogP contribution in [0.5, 0.6) is 0 Å². The largest absolute Gasteiger partial charge is 0.383 e. The summed E-state index contributed by atoms with van der Waals surface area (Å²) in [6, 6.07) is 6.30. The summed E-state index contributed by atoms with van der Waals surface area (Å²) < 4.78 is 0. The van der Waals surface area contributed by atoms with Gasteiger partial charge in [0.1, 0.15) is 0 Å². The SMILES string of the molecule is CN(C)C(=O)CN(C)c1cccc2c1NCCC2. The van der Waals surface area contributed by atoms with E-state index in [2.05, 4.69) is 23.5 Å². The second kappa shape index (κ2) is 5.29. The Hall–Kier alpha value is -1.71. The molecule has 0 saturated heterocycles. The van der Waals surface area contributed by atoms with Crippen molar-refractivity contribution in [1.82, 2.24) is 4.90 Å². The van der Waals surface area contributed by atoms with E-state index >= 15 is 0 Å². The Morgan fingerprint density at radius 3 is 2.83 bits per heavy atom. The molecule has 1 aliphatic heterocycles. The molecule has 18 heavy (non-hydrogen) atoms. The number of hydrogen-bond acceptors (Lipinski definition) is 3. The predicted molar refractivity (Wildman–Crippen MR) is 75.2 cm³/mol. The van der Waals surface area contributed by atoms with Crippen LogP contribution in [-0.2, 0) is 11.2 Å². The standard InChI is InChI=1S/C14H21N3O/c1-16(2)13(18)10-17(3)12-8-4-6-11-7-5-9-15-14(11)12/h4,6,8,15H,5,7,9-10H2,1-3H3. The number of rotatable bonds is 3. The summed E-state index contributed by atoms with van der Waals surface area (Å²) in [4.78, 5) is 15.4. The molecule has 1 aromatic rings. The first-order valence-electron chi connectivity index (χ1n) is 6.36. The van der Waals surface area contributed by atoms with Crippen LogP contribution >= 0.6 is 0 Å². The summed E-state index contributed by atoms with van der Waals surface area (Å²) in [5, 5.41) is 3.45. The summed E-state index contributed by atoms with van der Waals surface area (Å²) >= 11 is 0. The van der Waals surface area contributed by atoms with Gasteiger partial charge in [0.25, 0.3) is 0 Å². The summed E-state index contributed by atoms with van der Waals surface area (Å²) in [6.07, 6.45) is 2.29. The summed E-state index contributed by atoms with van der Waals surface area (Å²) in [7, 11) is 5.54. The minimum atomic E-state index is 0.117. The highest BCUT2D eigenvalue weighted by Crippen LogP contribution is 2.32. The van der Waals surface area contributed by atoms with Crippen LogP contribution in [0.25, 0.3) is 0 Å². The molecular formula is C14H21N3O. The van der Waals surface area contributed by atoms with Crippen molar-refractivity contribution in [2.75, 3.05) is 44.4 Å². The zero-order valence-electron chi connectivity index (χ0n) is 11.4. The molecule has 0 fully saturated rings. The fraction of sp³-hybridized carbons (Fsp3) is 0.500. The number of aryl methyl sites for hydroxylation is 1. The third kappa shape index (κ3) is 2.58. The second-order valence-electron chi connectivity index (χ2n) is 4.99. The summed E-state index contributed by atoms with van der Waals surface area (Å²) in [5.74, 6) is 0.117. The van der Waals surface area contributed by atoms with E-state index in [-0.39, 0.29) is 5.91 Å². The fourth-order valence-corrected chi connectivity index (χ4v) is 2.24. The molecule has 1 aliphatic rings. The Labute approximate surface area is 109 Å². The van der Waals surface area contributed by atoms with Gasteiger partial charge >= 0.3 is 0 Å². The van der Waals surface area contributed by atoms with Gasteiger partial charge in [-0.2, -0.15) is 0 Å². The van der Waals surface area contributed by atoms with Gasteiger partial charge < -0.3 is 15.1 Å². The maximum Gasteiger partial charge on any atom is 0.241 e. The minimum Gasteiger partial charge on any atom is -0.383 e. The van der Waals surface area contributed by atoms with E-state index in [1.54, 1.807) is 19.0 Å². The molecule has 0 atom stereocenters. The zero-order chi connectivity index (χ0) is 13.1. The quantitative estimate of drug-likeness (QED) is 0.880. The van der Waals surface area contributed by atoms with Crippen LogP contribution in [-0.4, -0.2) is 45.0 Å². The van der Waals surface area contributed by atoms with E-state index in [0.717, 1.165) is 18.7 Å². The number of carbonyl (C=O) groups excluding carboxylic acids is 1. The average molecular weight is 247 g/mol. The first kappa shape index (κ1) is 12.7. The van der Waals surface area contributed by atoms with Crippen LogP contribution in [0.1, 0.15) is 12.0 Å². The molecule has 4 nitrogen and oxygen atoms in total. The first-order valence-corrected chi connectivity index (χ1v) is 6.36. The van der Waals surface area contributed by atoms with Crippen molar-refractivity contribution in [3.8, 4) is 0 Å². The Kier molecular flexibility index (Phi) is 3.75. The topological polar surface area (TPSA) is 35.6 Å². The van der Waals surface area contributed by atoms with E-state index in [1.807, 2.05) is 11.9 Å². The van der Waals surface area contributed by atoms with Crippen molar-refractivity contribution < 1.29 is 4.79 Å². The molecule has 1 amide bonds. The van der Waals surface area contributed by atoms with Gasteiger partial charge in [-0.25, -0.2) is 0 Å². The Morgan fingerprint density at radius 1 is 1.33 bits per heavy atom. The number of carbonyl (C=O) groups is 1. The smallest absolute Gasteiger partial charge is 0.241 e. The molecule has 2 rings (SSSR count). The van der Waals surface area contributed by atoms with Crippen LogP contribution in [0.3, 0.4) is 0 Å². The van der Waals surface area contributed by atoms with Crippen LogP contribution in [0.2, 0.25) is 0 Å². The van der Waals surface area contributed by atoms with E-state index in [0.29, 0.717) is 6.54 Å². The van der Waals surface area contributed by atoms with Crippen LogP contribution in [0.4, 0.5) is 11.4 Å². The lowest BCUT2D eigenvalue weighted by atomic mass is 10.0. The van der Waals surface area contributed by atoms with Crippen molar-refractivity contribution in [2.24, 2.45) is 0 Å². The lowest BCUT2D eigenvalue weighted by molar-refractivity contribution is -0.127. The van der Waals surface area contributed by atoms with E-state index in [9.17, 15) is 4.79 Å². The van der Waals surface area contributed by atoms with Crippen molar-refractivity contribution in [3.05, 3.63) is 23.8 Å². The van der Waals surface area contributed by atoms with Gasteiger partial charge in [-0.3, -0.25) is 4.79 Å². The van der Waals surface area contributed by atoms with Gasteiger partial charge in [0.15, 0.2) is 0 Å². The van der Waals surface area contributed by atoms with Gasteiger partial charge in [-0.05, 0) is 24.5 Å². The molecule has 98 valence electrons. The highest BCUT2D eigenvalue weighted by Gasteiger charge is 2.16. The third-order valence-electron chi connectivity index (χ3n) is 3.34. The molecule has 0 saturated carbocycles. The van der Waals surface area contributed by atoms with E-state index in [4.69, 9.17) is 0 Å². The number of nitrogens with zero attached hydrogens (tertiary/aromatic N) is 2. The van der Waals surface area contributed by atoms with Gasteiger partial charge in [0.2, 0.25) is 5.91 Å². The maximum absolute atomic E-state index is 11.8. The Morgan fingerprint density at radius 2 is 2.11 bits per heavy atom. The van der Waals surface area contributed by atoms with Crippen LogP contribution < -0.4 is 10.2 Å². The zero-order valence-corrected chi connectivity index (χ0v) is 11.4. The number of anilines is 2. The molecule has 0 aromatic heterocycles. The number of fused-ring (bicyclic) bond motifs is 1. The third-order valence-corrected chi connectivity index (χ3v) is 3.34. The minimum absolute atomic E-state index is 0.117.